The maximum Gasteiger partial charge on any atom is 0.304 e. The molecule has 0 radical (unpaired) electrons. The Bertz CT molecular complexity index is 431. The molecular weight excluding hydrogens is 226 g/mol. The van der Waals surface area contributed by atoms with Crippen molar-refractivity contribution < 1.29 is 9.53 Å². The van der Waals surface area contributed by atoms with Gasteiger partial charge in [0.2, 0.25) is 6.10 Å². The molecule has 0 heterocycles. The van der Waals surface area contributed by atoms with Crippen LogP contribution < -0.4 is 0 Å². The second-order valence-corrected chi connectivity index (χ2v) is 3.51. The first-order valence-electron chi connectivity index (χ1n) is 4.62. The molecule has 1 aromatic rings. The number of esters is 1. The van der Waals surface area contributed by atoms with Crippen molar-refractivity contribution in [2.45, 2.75) is 13.0 Å². The molecule has 0 spiro atoms. The third kappa shape index (κ3) is 4.16. The van der Waals surface area contributed by atoms with Gasteiger partial charge in [0.05, 0.1) is 0 Å². The van der Waals surface area contributed by atoms with Crippen LogP contribution in [0.25, 0.3) is 6.08 Å². The zero-order valence-electron chi connectivity index (χ0n) is 8.68. The van der Waals surface area contributed by atoms with Crippen LogP contribution in [0.3, 0.4) is 0 Å². The zero-order valence-corrected chi connectivity index (χ0v) is 9.44. The number of hydrogen-bond acceptors (Lipinski definition) is 3. The molecule has 0 aromatic heterocycles. The van der Waals surface area contributed by atoms with E-state index < -0.39 is 12.1 Å². The van der Waals surface area contributed by atoms with Gasteiger partial charge in [0.15, 0.2) is 0 Å². The third-order valence-electron chi connectivity index (χ3n) is 1.75. The summed E-state index contributed by atoms with van der Waals surface area (Å²) in [5.74, 6) is -0.479. The van der Waals surface area contributed by atoms with Gasteiger partial charge in [-0.05, 0) is 23.8 Å². The van der Waals surface area contributed by atoms with E-state index >= 15 is 0 Å². The van der Waals surface area contributed by atoms with Crippen LogP contribution in [0.1, 0.15) is 12.5 Å². The summed E-state index contributed by atoms with van der Waals surface area (Å²) in [6.45, 7) is 1.26. The highest BCUT2D eigenvalue weighted by molar-refractivity contribution is 6.30. The molecule has 1 rings (SSSR count). The van der Waals surface area contributed by atoms with Gasteiger partial charge < -0.3 is 4.74 Å². The Morgan fingerprint density at radius 3 is 2.62 bits per heavy atom. The van der Waals surface area contributed by atoms with Crippen LogP contribution in [0.15, 0.2) is 30.3 Å². The number of hydrogen-bond donors (Lipinski definition) is 0. The van der Waals surface area contributed by atoms with Gasteiger partial charge in [0.25, 0.3) is 0 Å². The Hall–Kier alpha value is -1.79. The first kappa shape index (κ1) is 12.3. The van der Waals surface area contributed by atoms with E-state index in [1.807, 2.05) is 6.07 Å². The van der Waals surface area contributed by atoms with Gasteiger partial charge in [-0.15, -0.1) is 0 Å². The molecule has 0 N–H and O–H groups in total. The average Bonchev–Trinajstić information content (AvgIpc) is 2.26. The number of carbonyl (C=O) groups excluding carboxylic acids is 1. The molecule has 0 aliphatic carbocycles. The van der Waals surface area contributed by atoms with Crippen LogP contribution in [0.5, 0.6) is 0 Å². The molecule has 3 nitrogen and oxygen atoms in total. The Morgan fingerprint density at radius 1 is 1.50 bits per heavy atom. The molecule has 16 heavy (non-hydrogen) atoms. The van der Waals surface area contributed by atoms with E-state index in [0.29, 0.717) is 5.02 Å². The lowest BCUT2D eigenvalue weighted by atomic mass is 10.2. The summed E-state index contributed by atoms with van der Waals surface area (Å²) in [5, 5.41) is 9.34. The fourth-order valence-corrected chi connectivity index (χ4v) is 1.19. The highest BCUT2D eigenvalue weighted by Gasteiger charge is 2.04. The normalized spacial score (nSPS) is 12.1. The minimum absolute atomic E-state index is 0.479. The highest BCUT2D eigenvalue weighted by Crippen LogP contribution is 2.11. The van der Waals surface area contributed by atoms with Crippen LogP contribution in [-0.4, -0.2) is 12.1 Å². The van der Waals surface area contributed by atoms with Gasteiger partial charge in [0.1, 0.15) is 6.07 Å². The van der Waals surface area contributed by atoms with E-state index in [4.69, 9.17) is 21.6 Å². The average molecular weight is 236 g/mol. The Morgan fingerprint density at radius 2 is 2.12 bits per heavy atom. The van der Waals surface area contributed by atoms with Crippen molar-refractivity contribution in [3.8, 4) is 6.07 Å². The molecule has 0 aliphatic rings. The molecule has 0 amide bonds. The highest BCUT2D eigenvalue weighted by atomic mass is 35.5. The number of ether oxygens (including phenoxy) is 1. The maximum absolute atomic E-state index is 10.6. The van der Waals surface area contributed by atoms with E-state index in [0.717, 1.165) is 5.56 Å². The van der Waals surface area contributed by atoms with Gasteiger partial charge >= 0.3 is 5.97 Å². The molecule has 1 atom stereocenters. The molecule has 4 heteroatoms. The fourth-order valence-electron chi connectivity index (χ4n) is 1.06. The van der Waals surface area contributed by atoms with Crippen molar-refractivity contribution in [1.82, 2.24) is 0 Å². The van der Waals surface area contributed by atoms with Gasteiger partial charge in [-0.25, -0.2) is 0 Å². The predicted molar refractivity (Wildman–Crippen MR) is 61.7 cm³/mol. The molecule has 82 valence electrons. The first-order valence-corrected chi connectivity index (χ1v) is 5.00. The van der Waals surface area contributed by atoms with Gasteiger partial charge in [-0.2, -0.15) is 5.26 Å². The number of benzene rings is 1. The largest absolute Gasteiger partial charge is 0.443 e. The standard InChI is InChI=1S/C12H10ClNO2/c1-9(15)16-12(8-14)7-4-10-2-5-11(13)6-3-10/h2-7,12H,1H3. The minimum atomic E-state index is -0.854. The van der Waals surface area contributed by atoms with Crippen molar-refractivity contribution in [2.75, 3.05) is 0 Å². The summed E-state index contributed by atoms with van der Waals surface area (Å²) >= 11 is 5.72. The number of rotatable bonds is 3. The van der Waals surface area contributed by atoms with Crippen molar-refractivity contribution in [3.05, 3.63) is 40.9 Å². The van der Waals surface area contributed by atoms with Crippen molar-refractivity contribution in [2.24, 2.45) is 0 Å². The van der Waals surface area contributed by atoms with E-state index in [1.165, 1.54) is 13.0 Å². The molecule has 0 fully saturated rings. The quantitative estimate of drug-likeness (QED) is 0.757. The van der Waals surface area contributed by atoms with Crippen LogP contribution in [-0.2, 0) is 9.53 Å². The van der Waals surface area contributed by atoms with Gasteiger partial charge in [-0.1, -0.05) is 29.8 Å². The molecule has 1 unspecified atom stereocenters. The van der Waals surface area contributed by atoms with Gasteiger partial charge in [0, 0.05) is 11.9 Å². The summed E-state index contributed by atoms with van der Waals surface area (Å²) in [6, 6.07) is 8.96. The number of nitrogens with zero attached hydrogens (tertiary/aromatic N) is 1. The summed E-state index contributed by atoms with van der Waals surface area (Å²) in [4.78, 5) is 10.6. The predicted octanol–water partition coefficient (Wildman–Crippen LogP) is 2.81. The van der Waals surface area contributed by atoms with E-state index in [1.54, 1.807) is 30.3 Å². The maximum atomic E-state index is 10.6. The monoisotopic (exact) mass is 235 g/mol. The van der Waals surface area contributed by atoms with E-state index in [9.17, 15) is 4.79 Å². The second kappa shape index (κ2) is 5.94. The lowest BCUT2D eigenvalue weighted by Gasteiger charge is -2.03. The summed E-state index contributed by atoms with van der Waals surface area (Å²) in [5.41, 5.74) is 0.886. The number of carbonyl (C=O) groups is 1. The van der Waals surface area contributed by atoms with E-state index in [2.05, 4.69) is 0 Å². The third-order valence-corrected chi connectivity index (χ3v) is 2.01. The van der Waals surface area contributed by atoms with Crippen molar-refractivity contribution in [1.29, 1.82) is 5.26 Å². The fraction of sp³-hybridized carbons (Fsp3) is 0.167. The Kier molecular flexibility index (Phi) is 4.56. The lowest BCUT2D eigenvalue weighted by Crippen LogP contribution is -2.10. The zero-order chi connectivity index (χ0) is 12.0. The topological polar surface area (TPSA) is 50.1 Å². The first-order chi connectivity index (χ1) is 7.61. The summed E-state index contributed by atoms with van der Waals surface area (Å²) in [6.07, 6.45) is 2.37. The molecule has 0 saturated heterocycles. The van der Waals surface area contributed by atoms with Crippen molar-refractivity contribution in [3.63, 3.8) is 0 Å². The van der Waals surface area contributed by atoms with Crippen LogP contribution in [0.2, 0.25) is 5.02 Å². The SMILES string of the molecule is CC(=O)OC(C#N)C=Cc1ccc(Cl)cc1. The van der Waals surface area contributed by atoms with Crippen LogP contribution in [0, 0.1) is 11.3 Å². The Labute approximate surface area is 98.9 Å². The van der Waals surface area contributed by atoms with Gasteiger partial charge in [-0.3, -0.25) is 4.79 Å². The smallest absolute Gasteiger partial charge is 0.304 e. The lowest BCUT2D eigenvalue weighted by molar-refractivity contribution is -0.142. The summed E-state index contributed by atoms with van der Waals surface area (Å²) in [7, 11) is 0. The second-order valence-electron chi connectivity index (χ2n) is 3.07. The molecular formula is C12H10ClNO2. The summed E-state index contributed by atoms with van der Waals surface area (Å²) < 4.78 is 4.73. The number of nitriles is 1. The molecule has 0 bridgehead atoms. The molecule has 0 aliphatic heterocycles. The molecule has 1 aromatic carbocycles. The number of halogens is 1. The minimum Gasteiger partial charge on any atom is -0.443 e. The van der Waals surface area contributed by atoms with Crippen LogP contribution in [0.4, 0.5) is 0 Å². The van der Waals surface area contributed by atoms with Crippen LogP contribution >= 0.6 is 11.6 Å². The van der Waals surface area contributed by atoms with Crippen molar-refractivity contribution >= 4 is 23.6 Å². The Balaban J connectivity index is 2.68. The van der Waals surface area contributed by atoms with E-state index in [-0.39, 0.29) is 0 Å². The molecule has 0 saturated carbocycles.